The Kier molecular flexibility index (Phi) is 18.8. The molecule has 0 bridgehead atoms. The topological polar surface area (TPSA) is 322 Å². The Morgan fingerprint density at radius 2 is 0.857 bits per heavy atom. The molecule has 0 heterocycles. The van der Waals surface area contributed by atoms with Crippen LogP contribution in [0, 0.1) is 0 Å². The van der Waals surface area contributed by atoms with Crippen molar-refractivity contribution in [3.8, 4) is 0 Å². The van der Waals surface area contributed by atoms with Gasteiger partial charge in [-0.15, -0.1) is 0 Å². The molecule has 42 heavy (non-hydrogen) atoms. The van der Waals surface area contributed by atoms with Gasteiger partial charge in [0.05, 0.1) is 25.7 Å². The third-order valence-corrected chi connectivity index (χ3v) is 6.37. The summed E-state index contributed by atoms with van der Waals surface area (Å²) in [6, 6.07) is -2.46. The fraction of sp³-hybridized carbons (Fsp3) is 0.636. The van der Waals surface area contributed by atoms with E-state index >= 15 is 0 Å². The lowest BCUT2D eigenvalue weighted by Crippen LogP contribution is -2.48. The van der Waals surface area contributed by atoms with Gasteiger partial charge in [-0.25, -0.2) is 19.2 Å². The van der Waals surface area contributed by atoms with E-state index in [0.29, 0.717) is 11.5 Å². The average molecular weight is 647 g/mol. The molecule has 0 spiro atoms. The molecule has 0 rings (SSSR count). The van der Waals surface area contributed by atoms with Gasteiger partial charge < -0.3 is 51.5 Å². The van der Waals surface area contributed by atoms with Crippen molar-refractivity contribution < 1.29 is 79.2 Å². The number of hydrogen-bond donors (Lipinski definition) is 10. The first kappa shape index (κ1) is 40.5. The molecule has 10 N–H and O–H groups in total. The largest absolute Gasteiger partial charge is 0.481 e. The van der Waals surface area contributed by atoms with Crippen LogP contribution in [0.4, 0.5) is 0 Å². The highest BCUT2D eigenvalue weighted by atomic mass is 32.2. The predicted molar refractivity (Wildman–Crippen MR) is 144 cm³/mol. The van der Waals surface area contributed by atoms with E-state index < -0.39 is 96.6 Å². The average Bonchev–Trinajstić information content (AvgIpc) is 2.82. The van der Waals surface area contributed by atoms with Crippen LogP contribution in [0.25, 0.3) is 0 Å². The summed E-state index contributed by atoms with van der Waals surface area (Å²) in [6.07, 6.45) is -0.696. The summed E-state index contributed by atoms with van der Waals surface area (Å²) in [5, 5.41) is 76.0. The van der Waals surface area contributed by atoms with Crippen LogP contribution in [-0.2, 0) is 38.4 Å². The predicted octanol–water partition coefficient (Wildman–Crippen LogP) is -2.02. The van der Waals surface area contributed by atoms with Crippen molar-refractivity contribution in [3.05, 3.63) is 0 Å². The van der Waals surface area contributed by atoms with E-state index in [0.717, 1.165) is 0 Å². The summed E-state index contributed by atoms with van der Waals surface area (Å²) in [7, 11) is 0. The smallest absolute Gasteiger partial charge is 0.336 e. The molecule has 240 valence electrons. The highest BCUT2D eigenvalue weighted by Crippen LogP contribution is 2.17. The number of rotatable bonds is 20. The Balaban J connectivity index is 0. The Bertz CT molecular complexity index is 931. The zero-order chi connectivity index (χ0) is 33.3. The summed E-state index contributed by atoms with van der Waals surface area (Å²) in [6.45, 7) is 0. The maximum absolute atomic E-state index is 11.6. The summed E-state index contributed by atoms with van der Waals surface area (Å²) in [5.41, 5.74) is -5.56. The first-order valence-corrected chi connectivity index (χ1v) is 14.4. The first-order valence-electron chi connectivity index (χ1n) is 11.6. The highest BCUT2D eigenvalue weighted by molar-refractivity contribution is 7.98. The lowest BCUT2D eigenvalue weighted by Gasteiger charge is -2.22. The molecular weight excluding hydrogens is 612 g/mol. The second-order valence-corrected chi connectivity index (χ2v) is 10.6. The van der Waals surface area contributed by atoms with Crippen LogP contribution in [0.2, 0.25) is 0 Å². The number of carboxylic acids is 6. The number of thioether (sulfide) groups is 2. The summed E-state index contributed by atoms with van der Waals surface area (Å²) >= 11 is 2.73. The Morgan fingerprint density at radius 1 is 0.571 bits per heavy atom. The molecule has 0 saturated carbocycles. The fourth-order valence-corrected chi connectivity index (χ4v) is 3.88. The molecule has 0 aliphatic heterocycles. The third-order valence-electron chi connectivity index (χ3n) is 5.08. The summed E-state index contributed by atoms with van der Waals surface area (Å²) in [5.74, 6) is -10.7. The SMILES string of the molecule is CSCC[C@@H](NC(=O)C[C@](O)(CC(=O)O)C(=O)O)C(=O)O.CSCC[C@H](NC(=O)C[C@@](O)(CC(=O)O)C(=O)O)C(=O)O. The maximum Gasteiger partial charge on any atom is 0.336 e. The monoisotopic (exact) mass is 646 g/mol. The highest BCUT2D eigenvalue weighted by Gasteiger charge is 2.42. The molecule has 18 nitrogen and oxygen atoms in total. The molecule has 0 fully saturated rings. The Labute approximate surface area is 246 Å². The van der Waals surface area contributed by atoms with Crippen LogP contribution in [0.15, 0.2) is 0 Å². The van der Waals surface area contributed by atoms with Gasteiger partial charge in [-0.05, 0) is 36.9 Å². The maximum atomic E-state index is 11.6. The lowest BCUT2D eigenvalue weighted by molar-refractivity contribution is -0.167. The number of aliphatic hydroxyl groups is 2. The molecule has 0 aromatic heterocycles. The number of carbonyl (C=O) groups is 8. The van der Waals surface area contributed by atoms with E-state index in [-0.39, 0.29) is 12.8 Å². The minimum atomic E-state index is -2.78. The minimum absolute atomic E-state index is 0.118. The third kappa shape index (κ3) is 16.6. The van der Waals surface area contributed by atoms with E-state index in [1.54, 1.807) is 12.5 Å². The second-order valence-electron chi connectivity index (χ2n) is 8.65. The van der Waals surface area contributed by atoms with Crippen molar-refractivity contribution >= 4 is 71.2 Å². The molecule has 0 aliphatic carbocycles. The van der Waals surface area contributed by atoms with Crippen LogP contribution in [0.1, 0.15) is 38.5 Å². The first-order chi connectivity index (χ1) is 19.2. The molecular formula is C22H34N2O16S2. The second kappa shape index (κ2) is 19.5. The van der Waals surface area contributed by atoms with Crippen LogP contribution >= 0.6 is 23.5 Å². The number of carboxylic acid groups (broad SMARTS) is 6. The Morgan fingerprint density at radius 3 is 1.05 bits per heavy atom. The van der Waals surface area contributed by atoms with Gasteiger partial charge >= 0.3 is 35.8 Å². The molecule has 0 aromatic rings. The molecule has 0 unspecified atom stereocenters. The Hall–Kier alpha value is -3.62. The zero-order valence-electron chi connectivity index (χ0n) is 22.5. The number of carbonyl (C=O) groups excluding carboxylic acids is 2. The van der Waals surface area contributed by atoms with Gasteiger partial charge in [-0.1, -0.05) is 0 Å². The molecule has 0 aromatic carbocycles. The van der Waals surface area contributed by atoms with Crippen molar-refractivity contribution in [2.24, 2.45) is 0 Å². The van der Waals surface area contributed by atoms with E-state index in [1.807, 2.05) is 0 Å². The van der Waals surface area contributed by atoms with E-state index in [2.05, 4.69) is 10.6 Å². The van der Waals surface area contributed by atoms with Gasteiger partial charge in [0, 0.05) is 0 Å². The van der Waals surface area contributed by atoms with Crippen molar-refractivity contribution in [1.29, 1.82) is 0 Å². The van der Waals surface area contributed by atoms with Gasteiger partial charge in [0.15, 0.2) is 11.2 Å². The van der Waals surface area contributed by atoms with Crippen molar-refractivity contribution in [2.75, 3.05) is 24.0 Å². The van der Waals surface area contributed by atoms with Gasteiger partial charge in [-0.2, -0.15) is 23.5 Å². The van der Waals surface area contributed by atoms with Gasteiger partial charge in [0.2, 0.25) is 11.8 Å². The van der Waals surface area contributed by atoms with Gasteiger partial charge in [0.25, 0.3) is 0 Å². The van der Waals surface area contributed by atoms with Crippen molar-refractivity contribution in [3.63, 3.8) is 0 Å². The minimum Gasteiger partial charge on any atom is -0.481 e. The van der Waals surface area contributed by atoms with Gasteiger partial charge in [-0.3, -0.25) is 19.2 Å². The normalized spacial score (nSPS) is 14.8. The number of amides is 2. The number of hydrogen-bond acceptors (Lipinski definition) is 12. The van der Waals surface area contributed by atoms with E-state index in [9.17, 15) is 48.6 Å². The van der Waals surface area contributed by atoms with E-state index in [4.69, 9.17) is 30.6 Å². The molecule has 20 heteroatoms. The fourth-order valence-electron chi connectivity index (χ4n) is 2.94. The zero-order valence-corrected chi connectivity index (χ0v) is 24.1. The van der Waals surface area contributed by atoms with Crippen molar-refractivity contribution in [2.45, 2.75) is 61.8 Å². The van der Waals surface area contributed by atoms with Crippen LogP contribution < -0.4 is 10.6 Å². The molecule has 0 radical (unpaired) electrons. The quantitative estimate of drug-likeness (QED) is 0.0682. The van der Waals surface area contributed by atoms with E-state index in [1.165, 1.54) is 23.5 Å². The standard InChI is InChI=1S/2C11H17NO8S/c2*1-21-3-2-6(9(16)17)12-7(13)4-11(20,10(18)19)5-8(14)15/h2*6,20H,2-5H2,1H3,(H,12,13)(H,14,15)(H,16,17)(H,18,19)/t2*6-,11+/m10/s1. The molecule has 0 aliphatic rings. The molecule has 2 amide bonds. The number of nitrogens with one attached hydrogen (secondary N) is 2. The molecule has 4 atom stereocenters. The summed E-state index contributed by atoms with van der Waals surface area (Å²) < 4.78 is 0. The van der Waals surface area contributed by atoms with Crippen LogP contribution in [0.5, 0.6) is 0 Å². The van der Waals surface area contributed by atoms with Gasteiger partial charge in [0.1, 0.15) is 12.1 Å². The van der Waals surface area contributed by atoms with Crippen LogP contribution in [-0.4, -0.2) is 136 Å². The number of aliphatic carboxylic acids is 6. The molecule has 0 saturated heterocycles. The van der Waals surface area contributed by atoms with Crippen molar-refractivity contribution in [1.82, 2.24) is 10.6 Å². The summed E-state index contributed by atoms with van der Waals surface area (Å²) in [4.78, 5) is 87.9. The van der Waals surface area contributed by atoms with Crippen LogP contribution in [0.3, 0.4) is 0 Å². The lowest BCUT2D eigenvalue weighted by atomic mass is 9.95.